The SMILES string of the molecule is Cc1nn(CCO)cc1CN(C)Cc1ccc2nonc2c1. The smallest absolute Gasteiger partial charge is 0.135 e. The standard InChI is InChI=1S/C15H19N5O2/c1-11-13(10-20(16-11)5-6-21)9-19(2)8-12-3-4-14-15(7-12)18-22-17-14/h3-4,7,10,21H,5-6,8-9H2,1-2H3. The van der Waals surface area contributed by atoms with E-state index in [1.165, 1.54) is 5.56 Å². The maximum absolute atomic E-state index is 8.98. The maximum atomic E-state index is 8.98. The molecule has 1 aromatic carbocycles. The molecule has 0 aliphatic heterocycles. The average molecular weight is 301 g/mol. The lowest BCUT2D eigenvalue weighted by molar-refractivity contribution is 0.269. The minimum atomic E-state index is 0.0994. The lowest BCUT2D eigenvalue weighted by Crippen LogP contribution is -2.17. The number of nitrogens with zero attached hydrogens (tertiary/aromatic N) is 5. The lowest BCUT2D eigenvalue weighted by atomic mass is 10.2. The van der Waals surface area contributed by atoms with Crippen molar-refractivity contribution in [2.45, 2.75) is 26.6 Å². The fourth-order valence-electron chi connectivity index (χ4n) is 2.52. The number of hydrogen-bond acceptors (Lipinski definition) is 6. The molecule has 0 amide bonds. The monoisotopic (exact) mass is 301 g/mol. The zero-order valence-electron chi connectivity index (χ0n) is 12.7. The quantitative estimate of drug-likeness (QED) is 0.740. The molecule has 7 nitrogen and oxygen atoms in total. The Labute approximate surface area is 128 Å². The van der Waals surface area contributed by atoms with Crippen LogP contribution in [0.25, 0.3) is 11.0 Å². The second kappa shape index (κ2) is 6.25. The molecule has 22 heavy (non-hydrogen) atoms. The zero-order chi connectivity index (χ0) is 15.5. The number of hydrogen-bond donors (Lipinski definition) is 1. The number of benzene rings is 1. The van der Waals surface area contributed by atoms with Crippen LogP contribution in [-0.4, -0.2) is 43.8 Å². The molecular weight excluding hydrogens is 282 g/mol. The van der Waals surface area contributed by atoms with E-state index in [9.17, 15) is 0 Å². The minimum Gasteiger partial charge on any atom is -0.394 e. The third-order valence-corrected chi connectivity index (χ3v) is 3.59. The molecule has 0 aliphatic carbocycles. The highest BCUT2D eigenvalue weighted by Gasteiger charge is 2.09. The van der Waals surface area contributed by atoms with Crippen molar-refractivity contribution < 1.29 is 9.74 Å². The molecular formula is C15H19N5O2. The summed E-state index contributed by atoms with van der Waals surface area (Å²) in [6.45, 7) is 4.21. The van der Waals surface area contributed by atoms with Crippen molar-refractivity contribution in [2.75, 3.05) is 13.7 Å². The Balaban J connectivity index is 1.67. The van der Waals surface area contributed by atoms with Gasteiger partial charge in [0.15, 0.2) is 0 Å². The highest BCUT2D eigenvalue weighted by molar-refractivity contribution is 5.73. The van der Waals surface area contributed by atoms with Gasteiger partial charge >= 0.3 is 0 Å². The largest absolute Gasteiger partial charge is 0.394 e. The van der Waals surface area contributed by atoms with Gasteiger partial charge in [0.05, 0.1) is 18.8 Å². The van der Waals surface area contributed by atoms with E-state index in [1.807, 2.05) is 31.3 Å². The number of rotatable bonds is 6. The number of aromatic nitrogens is 4. The van der Waals surface area contributed by atoms with Crippen LogP contribution in [0.4, 0.5) is 0 Å². The summed E-state index contributed by atoms with van der Waals surface area (Å²) in [4.78, 5) is 2.21. The second-order valence-electron chi connectivity index (χ2n) is 5.49. The van der Waals surface area contributed by atoms with Crippen LogP contribution in [0.15, 0.2) is 29.0 Å². The van der Waals surface area contributed by atoms with E-state index in [0.717, 1.165) is 35.4 Å². The fraction of sp³-hybridized carbons (Fsp3) is 0.400. The first kappa shape index (κ1) is 14.7. The van der Waals surface area contributed by atoms with Gasteiger partial charge in [-0.05, 0) is 42.0 Å². The predicted molar refractivity (Wildman–Crippen MR) is 81.0 cm³/mol. The molecule has 7 heteroatoms. The molecule has 3 aromatic rings. The molecule has 0 fully saturated rings. The summed E-state index contributed by atoms with van der Waals surface area (Å²) >= 11 is 0. The van der Waals surface area contributed by atoms with Crippen molar-refractivity contribution in [3.63, 3.8) is 0 Å². The van der Waals surface area contributed by atoms with E-state index >= 15 is 0 Å². The second-order valence-corrected chi connectivity index (χ2v) is 5.49. The van der Waals surface area contributed by atoms with Gasteiger partial charge in [-0.2, -0.15) is 5.10 Å². The average Bonchev–Trinajstić information content (AvgIpc) is 3.06. The topological polar surface area (TPSA) is 80.2 Å². The molecule has 2 heterocycles. The van der Waals surface area contributed by atoms with Crippen LogP contribution in [0.2, 0.25) is 0 Å². The van der Waals surface area contributed by atoms with Crippen LogP contribution < -0.4 is 0 Å². The van der Waals surface area contributed by atoms with E-state index in [0.29, 0.717) is 6.54 Å². The highest BCUT2D eigenvalue weighted by atomic mass is 16.6. The van der Waals surface area contributed by atoms with Gasteiger partial charge < -0.3 is 5.11 Å². The maximum Gasteiger partial charge on any atom is 0.135 e. The Morgan fingerprint density at radius 2 is 2.05 bits per heavy atom. The van der Waals surface area contributed by atoms with E-state index in [2.05, 4.69) is 27.4 Å². The molecule has 0 saturated heterocycles. The Morgan fingerprint density at radius 3 is 2.86 bits per heavy atom. The van der Waals surface area contributed by atoms with Crippen LogP contribution >= 0.6 is 0 Å². The number of fused-ring (bicyclic) bond motifs is 1. The van der Waals surface area contributed by atoms with Crippen molar-refractivity contribution in [1.82, 2.24) is 25.0 Å². The third kappa shape index (κ3) is 3.15. The summed E-state index contributed by atoms with van der Waals surface area (Å²) in [5.74, 6) is 0. The summed E-state index contributed by atoms with van der Waals surface area (Å²) in [7, 11) is 2.06. The van der Waals surface area contributed by atoms with Gasteiger partial charge in [-0.3, -0.25) is 9.58 Å². The summed E-state index contributed by atoms with van der Waals surface area (Å²) in [6.07, 6.45) is 1.99. The van der Waals surface area contributed by atoms with Crippen LogP contribution in [-0.2, 0) is 19.6 Å². The number of aryl methyl sites for hydroxylation is 1. The van der Waals surface area contributed by atoms with Crippen molar-refractivity contribution in [3.05, 3.63) is 41.2 Å². The van der Waals surface area contributed by atoms with E-state index < -0.39 is 0 Å². The minimum absolute atomic E-state index is 0.0994. The first-order valence-corrected chi connectivity index (χ1v) is 7.19. The molecule has 116 valence electrons. The Kier molecular flexibility index (Phi) is 4.17. The molecule has 0 atom stereocenters. The summed E-state index contributed by atoms with van der Waals surface area (Å²) in [5, 5.41) is 21.0. The first-order valence-electron chi connectivity index (χ1n) is 7.19. The number of aliphatic hydroxyl groups is 1. The van der Waals surface area contributed by atoms with Gasteiger partial charge in [-0.15, -0.1) is 0 Å². The van der Waals surface area contributed by atoms with Gasteiger partial charge in [0.2, 0.25) is 0 Å². The summed E-state index contributed by atoms with van der Waals surface area (Å²) in [6, 6.07) is 5.94. The van der Waals surface area contributed by atoms with E-state index in [4.69, 9.17) is 9.74 Å². The van der Waals surface area contributed by atoms with Crippen molar-refractivity contribution in [3.8, 4) is 0 Å². The van der Waals surface area contributed by atoms with Crippen molar-refractivity contribution >= 4 is 11.0 Å². The Morgan fingerprint density at radius 1 is 1.23 bits per heavy atom. The summed E-state index contributed by atoms with van der Waals surface area (Å²) in [5.41, 5.74) is 4.87. The molecule has 1 N–H and O–H groups in total. The molecule has 3 rings (SSSR count). The molecule has 0 aliphatic rings. The number of aliphatic hydroxyl groups excluding tert-OH is 1. The normalized spacial score (nSPS) is 11.6. The molecule has 0 spiro atoms. The van der Waals surface area contributed by atoms with Crippen molar-refractivity contribution in [2.24, 2.45) is 0 Å². The first-order chi connectivity index (χ1) is 10.7. The molecule has 0 saturated carbocycles. The highest BCUT2D eigenvalue weighted by Crippen LogP contribution is 2.15. The molecule has 0 radical (unpaired) electrons. The van der Waals surface area contributed by atoms with Gasteiger partial charge in [-0.1, -0.05) is 6.07 Å². The van der Waals surface area contributed by atoms with Crippen LogP contribution in [0.1, 0.15) is 16.8 Å². The Bertz CT molecular complexity index is 764. The van der Waals surface area contributed by atoms with Crippen LogP contribution in [0.5, 0.6) is 0 Å². The van der Waals surface area contributed by atoms with Crippen LogP contribution in [0, 0.1) is 6.92 Å². The summed E-state index contributed by atoms with van der Waals surface area (Å²) < 4.78 is 6.50. The fourth-order valence-corrected chi connectivity index (χ4v) is 2.52. The van der Waals surface area contributed by atoms with E-state index in [1.54, 1.807) is 4.68 Å². The zero-order valence-corrected chi connectivity index (χ0v) is 12.7. The molecule has 2 aromatic heterocycles. The predicted octanol–water partition coefficient (Wildman–Crippen LogP) is 1.35. The van der Waals surface area contributed by atoms with Gasteiger partial charge in [0, 0.05) is 24.8 Å². The molecule has 0 unspecified atom stereocenters. The van der Waals surface area contributed by atoms with E-state index in [-0.39, 0.29) is 6.61 Å². The lowest BCUT2D eigenvalue weighted by Gasteiger charge is -2.16. The van der Waals surface area contributed by atoms with Gasteiger partial charge in [0.1, 0.15) is 11.0 Å². The Hall–Kier alpha value is -2.25. The van der Waals surface area contributed by atoms with Gasteiger partial charge in [0.25, 0.3) is 0 Å². The van der Waals surface area contributed by atoms with Crippen LogP contribution in [0.3, 0.4) is 0 Å². The van der Waals surface area contributed by atoms with Crippen molar-refractivity contribution in [1.29, 1.82) is 0 Å². The van der Waals surface area contributed by atoms with Gasteiger partial charge in [-0.25, -0.2) is 4.63 Å². The third-order valence-electron chi connectivity index (χ3n) is 3.59. The molecule has 0 bridgehead atoms.